The Morgan fingerprint density at radius 1 is 0.941 bits per heavy atom. The van der Waals surface area contributed by atoms with Crippen LogP contribution in [0.3, 0.4) is 0 Å². The summed E-state index contributed by atoms with van der Waals surface area (Å²) in [5.74, 6) is 0. The molecule has 0 aromatic carbocycles. The molecule has 0 saturated heterocycles. The summed E-state index contributed by atoms with van der Waals surface area (Å²) < 4.78 is 12.4. The zero-order chi connectivity index (χ0) is 12.8. The van der Waals surface area contributed by atoms with Crippen LogP contribution in [-0.4, -0.2) is 32.8 Å². The molecular formula is C12H29N2O2Ti. The number of unbranched alkanes of at least 4 members (excludes halogenated alkanes) is 3. The van der Waals surface area contributed by atoms with Crippen molar-refractivity contribution in [2.75, 3.05) is 32.8 Å². The Labute approximate surface area is 113 Å². The van der Waals surface area contributed by atoms with Crippen molar-refractivity contribution < 1.29 is 25.3 Å². The Hall–Kier alpha value is 0.554. The molecule has 103 valence electrons. The summed E-state index contributed by atoms with van der Waals surface area (Å²) in [4.78, 5) is 0. The van der Waals surface area contributed by atoms with Gasteiger partial charge in [-0.25, -0.2) is 0 Å². The van der Waals surface area contributed by atoms with Gasteiger partial charge >= 0.3 is 113 Å². The number of nitrogens with one attached hydrogen (secondary N) is 1. The van der Waals surface area contributed by atoms with Crippen molar-refractivity contribution in [1.29, 1.82) is 0 Å². The summed E-state index contributed by atoms with van der Waals surface area (Å²) in [7, 11) is 0. The van der Waals surface area contributed by atoms with E-state index in [2.05, 4.69) is 5.32 Å². The van der Waals surface area contributed by atoms with Crippen molar-refractivity contribution in [2.45, 2.75) is 44.3 Å². The van der Waals surface area contributed by atoms with Crippen LogP contribution in [0.4, 0.5) is 0 Å². The molecule has 0 heterocycles. The Balaban J connectivity index is 3.23. The molecule has 0 aliphatic heterocycles. The van der Waals surface area contributed by atoms with Crippen LogP contribution in [0.5, 0.6) is 0 Å². The molecule has 3 N–H and O–H groups in total. The first kappa shape index (κ1) is 17.6. The third kappa shape index (κ3) is 12.8. The number of rotatable bonds is 13. The third-order valence-corrected chi connectivity index (χ3v) is 5.36. The van der Waals surface area contributed by atoms with Crippen molar-refractivity contribution in [3.63, 3.8) is 0 Å². The van der Waals surface area contributed by atoms with Crippen molar-refractivity contribution in [3.05, 3.63) is 0 Å². The fourth-order valence-corrected chi connectivity index (χ4v) is 3.75. The fraction of sp³-hybridized carbons (Fsp3) is 1.00. The van der Waals surface area contributed by atoms with E-state index in [1.165, 1.54) is 19.3 Å². The minimum absolute atomic E-state index is 0.786. The SMILES string of the molecule is CC[O][Ti]([CH2]CNCCCCCCN)[O]CC. The Morgan fingerprint density at radius 3 is 2.18 bits per heavy atom. The zero-order valence-corrected chi connectivity index (χ0v) is 13.0. The van der Waals surface area contributed by atoms with Crippen LogP contribution in [0.25, 0.3) is 0 Å². The van der Waals surface area contributed by atoms with Gasteiger partial charge in [0.2, 0.25) is 0 Å². The van der Waals surface area contributed by atoms with Crippen LogP contribution in [0, 0.1) is 0 Å². The average molecular weight is 281 g/mol. The van der Waals surface area contributed by atoms with Crippen LogP contribution in [-0.2, 0) is 25.3 Å². The number of hydrogen-bond donors (Lipinski definition) is 2. The molecule has 0 atom stereocenters. The van der Waals surface area contributed by atoms with Crippen LogP contribution < -0.4 is 11.1 Å². The monoisotopic (exact) mass is 281 g/mol. The second-order valence-corrected chi connectivity index (χ2v) is 6.79. The van der Waals surface area contributed by atoms with E-state index >= 15 is 0 Å². The molecule has 0 radical (unpaired) electrons. The van der Waals surface area contributed by atoms with Crippen LogP contribution in [0.15, 0.2) is 0 Å². The molecule has 0 rings (SSSR count). The van der Waals surface area contributed by atoms with Gasteiger partial charge in [0.15, 0.2) is 0 Å². The topological polar surface area (TPSA) is 56.5 Å². The van der Waals surface area contributed by atoms with Gasteiger partial charge in [-0.05, 0) is 0 Å². The van der Waals surface area contributed by atoms with Crippen LogP contribution >= 0.6 is 0 Å². The van der Waals surface area contributed by atoms with Gasteiger partial charge < -0.3 is 0 Å². The van der Waals surface area contributed by atoms with Crippen LogP contribution in [0.2, 0.25) is 4.73 Å². The molecule has 17 heavy (non-hydrogen) atoms. The van der Waals surface area contributed by atoms with Crippen molar-refractivity contribution in [2.24, 2.45) is 5.73 Å². The standard InChI is InChI=1S/C8H19N2.2C2H5O.Ti/c1-2-10-8-6-4-3-5-7-9;2*1-2-3;/h10H,1-9H2;2*2H2,1H3;/q;2*-1;+2. The summed E-state index contributed by atoms with van der Waals surface area (Å²) >= 11 is -1.65. The van der Waals surface area contributed by atoms with Crippen LogP contribution in [0.1, 0.15) is 39.5 Å². The molecule has 5 heteroatoms. The van der Waals surface area contributed by atoms with Gasteiger partial charge in [-0.15, -0.1) is 0 Å². The molecule has 0 bridgehead atoms. The van der Waals surface area contributed by atoms with E-state index in [1.807, 2.05) is 13.8 Å². The maximum atomic E-state index is 5.63. The molecule has 0 aliphatic carbocycles. The molecular weight excluding hydrogens is 252 g/mol. The summed E-state index contributed by atoms with van der Waals surface area (Å²) in [6.07, 6.45) is 4.95. The fourth-order valence-electron chi connectivity index (χ4n) is 1.57. The Kier molecular flexibility index (Phi) is 15.1. The van der Waals surface area contributed by atoms with Gasteiger partial charge in [0.05, 0.1) is 0 Å². The molecule has 0 amide bonds. The molecule has 0 saturated carbocycles. The average Bonchev–Trinajstić information content (AvgIpc) is 2.33. The normalized spacial score (nSPS) is 10.8. The first-order valence-electron chi connectivity index (χ1n) is 6.87. The van der Waals surface area contributed by atoms with E-state index in [1.54, 1.807) is 0 Å². The predicted octanol–water partition coefficient (Wildman–Crippen LogP) is 2.03. The van der Waals surface area contributed by atoms with Gasteiger partial charge in [-0.1, -0.05) is 0 Å². The summed E-state index contributed by atoms with van der Waals surface area (Å²) in [5, 5.41) is 3.46. The first-order chi connectivity index (χ1) is 8.35. The molecule has 0 fully saturated rings. The summed E-state index contributed by atoms with van der Waals surface area (Å²) in [5.41, 5.74) is 5.44. The van der Waals surface area contributed by atoms with Crippen molar-refractivity contribution in [1.82, 2.24) is 5.32 Å². The summed E-state index contributed by atoms with van der Waals surface area (Å²) in [6, 6.07) is 0. The molecule has 0 spiro atoms. The van der Waals surface area contributed by atoms with E-state index in [9.17, 15) is 0 Å². The maximum absolute atomic E-state index is 5.63. The molecule has 0 aromatic heterocycles. The number of hydrogen-bond acceptors (Lipinski definition) is 4. The second kappa shape index (κ2) is 14.6. The van der Waals surface area contributed by atoms with Crippen molar-refractivity contribution in [3.8, 4) is 0 Å². The second-order valence-electron chi connectivity index (χ2n) is 3.94. The minimum atomic E-state index is -1.65. The predicted molar refractivity (Wildman–Crippen MR) is 68.5 cm³/mol. The molecule has 0 aliphatic rings. The first-order valence-corrected chi connectivity index (χ1v) is 9.25. The van der Waals surface area contributed by atoms with Crippen molar-refractivity contribution >= 4 is 0 Å². The van der Waals surface area contributed by atoms with E-state index in [4.69, 9.17) is 12.4 Å². The Morgan fingerprint density at radius 2 is 1.59 bits per heavy atom. The summed E-state index contributed by atoms with van der Waals surface area (Å²) in [6.45, 7) is 8.61. The molecule has 0 aromatic rings. The van der Waals surface area contributed by atoms with Gasteiger partial charge in [-0.2, -0.15) is 0 Å². The molecule has 0 unspecified atom stereocenters. The van der Waals surface area contributed by atoms with Gasteiger partial charge in [-0.3, -0.25) is 0 Å². The Bertz CT molecular complexity index is 144. The van der Waals surface area contributed by atoms with E-state index in [-0.39, 0.29) is 0 Å². The zero-order valence-electron chi connectivity index (χ0n) is 11.5. The van der Waals surface area contributed by atoms with Gasteiger partial charge in [0.25, 0.3) is 0 Å². The van der Waals surface area contributed by atoms with Gasteiger partial charge in [0, 0.05) is 0 Å². The number of nitrogens with two attached hydrogens (primary N) is 1. The van der Waals surface area contributed by atoms with E-state index in [0.717, 1.165) is 44.0 Å². The van der Waals surface area contributed by atoms with E-state index < -0.39 is 18.6 Å². The van der Waals surface area contributed by atoms with Gasteiger partial charge in [0.1, 0.15) is 0 Å². The quantitative estimate of drug-likeness (QED) is 0.400. The molecule has 4 nitrogen and oxygen atoms in total. The van der Waals surface area contributed by atoms with E-state index in [0.29, 0.717) is 0 Å². The third-order valence-electron chi connectivity index (χ3n) is 2.42.